The van der Waals surface area contributed by atoms with E-state index >= 15 is 0 Å². The molecule has 1 amide bonds. The molecule has 0 saturated heterocycles. The lowest BCUT2D eigenvalue weighted by Crippen LogP contribution is -2.27. The average Bonchev–Trinajstić information content (AvgIpc) is 2.90. The molecule has 1 heterocycles. The number of nitrogens with zero attached hydrogens (tertiary/aromatic N) is 1. The summed E-state index contributed by atoms with van der Waals surface area (Å²) in [6, 6.07) is 17.3. The van der Waals surface area contributed by atoms with Crippen molar-refractivity contribution < 1.29 is 9.18 Å². The Labute approximate surface area is 199 Å². The number of benzene rings is 3. The molecule has 1 atom stereocenters. The fourth-order valence-electron chi connectivity index (χ4n) is 4.30. The van der Waals surface area contributed by atoms with Crippen molar-refractivity contribution >= 4 is 28.9 Å². The Hall–Kier alpha value is -2.98. The zero-order valence-corrected chi connectivity index (χ0v) is 20.1. The van der Waals surface area contributed by atoms with E-state index in [2.05, 4.69) is 51.2 Å². The van der Waals surface area contributed by atoms with Crippen molar-refractivity contribution in [3.63, 3.8) is 0 Å². The Morgan fingerprint density at radius 2 is 1.64 bits per heavy atom. The van der Waals surface area contributed by atoms with Crippen molar-refractivity contribution in [2.75, 3.05) is 5.32 Å². The molecule has 5 heteroatoms. The molecular weight excluding hydrogens is 435 g/mol. The fraction of sp³-hybridized carbons (Fsp3) is 0.286. The topological polar surface area (TPSA) is 41.5 Å². The summed E-state index contributed by atoms with van der Waals surface area (Å²) < 4.78 is 13.6. The molecule has 3 aromatic carbocycles. The molecular formula is C28H28ClFN2O. The smallest absolute Gasteiger partial charge is 0.249 e. The molecule has 4 rings (SSSR count). The van der Waals surface area contributed by atoms with Crippen molar-refractivity contribution in [1.82, 2.24) is 0 Å². The van der Waals surface area contributed by atoms with Gasteiger partial charge in [0, 0.05) is 22.6 Å². The van der Waals surface area contributed by atoms with Crippen LogP contribution in [0.4, 0.5) is 10.1 Å². The number of anilines is 1. The van der Waals surface area contributed by atoms with Gasteiger partial charge in [0.1, 0.15) is 11.9 Å². The molecule has 0 bridgehead atoms. The Kier molecular flexibility index (Phi) is 6.66. The second-order valence-corrected chi connectivity index (χ2v) is 9.59. The summed E-state index contributed by atoms with van der Waals surface area (Å²) in [5.41, 5.74) is 6.43. The van der Waals surface area contributed by atoms with Gasteiger partial charge in [-0.1, -0.05) is 57.5 Å². The number of benzodiazepines with no additional fused rings is 1. The van der Waals surface area contributed by atoms with Crippen LogP contribution in [0, 0.1) is 5.82 Å². The molecule has 0 spiro atoms. The van der Waals surface area contributed by atoms with E-state index in [0.29, 0.717) is 34.7 Å². The van der Waals surface area contributed by atoms with E-state index in [-0.39, 0.29) is 11.7 Å². The van der Waals surface area contributed by atoms with E-state index in [1.165, 1.54) is 23.3 Å². The van der Waals surface area contributed by atoms with Gasteiger partial charge in [0.2, 0.25) is 5.91 Å². The summed E-state index contributed by atoms with van der Waals surface area (Å²) in [4.78, 5) is 18.1. The molecule has 33 heavy (non-hydrogen) atoms. The number of fused-ring (bicyclic) bond motifs is 1. The van der Waals surface area contributed by atoms with E-state index in [9.17, 15) is 9.18 Å². The molecule has 0 aliphatic carbocycles. The minimum atomic E-state index is -0.624. The number of rotatable bonds is 5. The number of aliphatic imine (C=N–C) groups is 1. The van der Waals surface area contributed by atoms with Crippen molar-refractivity contribution in [1.29, 1.82) is 0 Å². The van der Waals surface area contributed by atoms with Gasteiger partial charge in [-0.15, -0.1) is 0 Å². The second kappa shape index (κ2) is 9.48. The van der Waals surface area contributed by atoms with Crippen molar-refractivity contribution in [2.24, 2.45) is 4.99 Å². The largest absolute Gasteiger partial charge is 0.324 e. The van der Waals surface area contributed by atoms with E-state index in [1.54, 1.807) is 30.3 Å². The van der Waals surface area contributed by atoms with Gasteiger partial charge in [0.05, 0.1) is 11.4 Å². The molecule has 170 valence electrons. The van der Waals surface area contributed by atoms with Gasteiger partial charge in [-0.3, -0.25) is 9.79 Å². The van der Waals surface area contributed by atoms with Gasteiger partial charge in [-0.25, -0.2) is 4.39 Å². The maximum atomic E-state index is 13.6. The Morgan fingerprint density at radius 1 is 0.939 bits per heavy atom. The molecule has 1 unspecified atom stereocenters. The SMILES string of the molecule is CC(C)c1ccc(CC2N=C(c3ccc(F)cc3)c3cc(Cl)ccc3NC2=O)cc1C(C)C. The van der Waals surface area contributed by atoms with Crippen LogP contribution < -0.4 is 5.32 Å². The lowest BCUT2D eigenvalue weighted by molar-refractivity contribution is -0.117. The number of halogens is 2. The summed E-state index contributed by atoms with van der Waals surface area (Å²) in [6.45, 7) is 8.77. The Morgan fingerprint density at radius 3 is 2.30 bits per heavy atom. The predicted octanol–water partition coefficient (Wildman–Crippen LogP) is 7.13. The van der Waals surface area contributed by atoms with Crippen molar-refractivity contribution in [3.05, 3.63) is 99.3 Å². The monoisotopic (exact) mass is 462 g/mol. The summed E-state index contributed by atoms with van der Waals surface area (Å²) in [6.07, 6.45) is 0.469. The first-order valence-electron chi connectivity index (χ1n) is 11.3. The maximum absolute atomic E-state index is 13.6. The lowest BCUT2D eigenvalue weighted by Gasteiger charge is -2.18. The summed E-state index contributed by atoms with van der Waals surface area (Å²) >= 11 is 6.27. The lowest BCUT2D eigenvalue weighted by atomic mass is 9.88. The number of amides is 1. The molecule has 0 saturated carbocycles. The minimum absolute atomic E-state index is 0.172. The molecule has 3 nitrogen and oxygen atoms in total. The number of nitrogens with one attached hydrogen (secondary N) is 1. The Balaban J connectivity index is 1.78. The van der Waals surface area contributed by atoms with E-state index in [0.717, 1.165) is 16.7 Å². The quantitative estimate of drug-likeness (QED) is 0.430. The number of carbonyl (C=O) groups excluding carboxylic acids is 1. The predicted molar refractivity (Wildman–Crippen MR) is 134 cm³/mol. The fourth-order valence-corrected chi connectivity index (χ4v) is 4.47. The second-order valence-electron chi connectivity index (χ2n) is 9.16. The third-order valence-corrected chi connectivity index (χ3v) is 6.26. The maximum Gasteiger partial charge on any atom is 0.249 e. The van der Waals surface area contributed by atoms with Gasteiger partial charge >= 0.3 is 0 Å². The van der Waals surface area contributed by atoms with Gasteiger partial charge in [0.15, 0.2) is 0 Å². The molecule has 3 aromatic rings. The van der Waals surface area contributed by atoms with Gasteiger partial charge < -0.3 is 5.32 Å². The highest BCUT2D eigenvalue weighted by atomic mass is 35.5. The number of carbonyl (C=O) groups is 1. The van der Waals surface area contributed by atoms with Crippen LogP contribution in [0.15, 0.2) is 65.7 Å². The highest BCUT2D eigenvalue weighted by molar-refractivity contribution is 6.32. The number of hydrogen-bond donors (Lipinski definition) is 1. The van der Waals surface area contributed by atoms with Crippen LogP contribution >= 0.6 is 11.6 Å². The molecule has 1 aliphatic rings. The van der Waals surface area contributed by atoms with Gasteiger partial charge in [-0.2, -0.15) is 0 Å². The normalized spacial score (nSPS) is 15.8. The summed E-state index contributed by atoms with van der Waals surface area (Å²) in [7, 11) is 0. The first-order valence-corrected chi connectivity index (χ1v) is 11.7. The van der Waals surface area contributed by atoms with Crippen molar-refractivity contribution in [3.8, 4) is 0 Å². The molecule has 0 aromatic heterocycles. The third-order valence-electron chi connectivity index (χ3n) is 6.02. The highest BCUT2D eigenvalue weighted by Gasteiger charge is 2.27. The zero-order chi connectivity index (χ0) is 23.7. The standard InChI is InChI=1S/C28H28ClFN2O/c1-16(2)22-11-5-18(13-23(22)17(3)4)14-26-28(33)32-25-12-8-20(29)15-24(25)27(31-26)19-6-9-21(30)10-7-19/h5-13,15-17,26H,14H2,1-4H3,(H,32,33). The first-order chi connectivity index (χ1) is 15.7. The van der Waals surface area contributed by atoms with Crippen molar-refractivity contribution in [2.45, 2.75) is 52.0 Å². The van der Waals surface area contributed by atoms with E-state index < -0.39 is 6.04 Å². The summed E-state index contributed by atoms with van der Waals surface area (Å²) in [5, 5.41) is 3.56. The average molecular weight is 463 g/mol. The van der Waals surface area contributed by atoms with Gasteiger partial charge in [0.25, 0.3) is 0 Å². The van der Waals surface area contributed by atoms with Crippen LogP contribution in [0.25, 0.3) is 0 Å². The first kappa shape index (κ1) is 23.2. The van der Waals surface area contributed by atoms with Crippen LogP contribution in [0.5, 0.6) is 0 Å². The zero-order valence-electron chi connectivity index (χ0n) is 19.3. The molecule has 1 N–H and O–H groups in total. The minimum Gasteiger partial charge on any atom is -0.324 e. The highest BCUT2D eigenvalue weighted by Crippen LogP contribution is 2.30. The third kappa shape index (κ3) is 5.01. The molecule has 1 aliphatic heterocycles. The molecule has 0 radical (unpaired) electrons. The van der Waals surface area contributed by atoms with E-state index in [1.807, 2.05) is 0 Å². The van der Waals surface area contributed by atoms with Crippen LogP contribution in [0.1, 0.15) is 67.3 Å². The number of hydrogen-bond acceptors (Lipinski definition) is 2. The van der Waals surface area contributed by atoms with Gasteiger partial charge in [-0.05, 0) is 71.0 Å². The summed E-state index contributed by atoms with van der Waals surface area (Å²) in [5.74, 6) is 0.321. The van der Waals surface area contributed by atoms with E-state index in [4.69, 9.17) is 16.6 Å². The van der Waals surface area contributed by atoms with Crippen LogP contribution in [0.3, 0.4) is 0 Å². The van der Waals surface area contributed by atoms with Crippen LogP contribution in [0.2, 0.25) is 5.02 Å². The molecule has 0 fully saturated rings. The van der Waals surface area contributed by atoms with Crippen LogP contribution in [-0.2, 0) is 11.2 Å². The van der Waals surface area contributed by atoms with Crippen LogP contribution in [-0.4, -0.2) is 17.7 Å². The Bertz CT molecular complexity index is 1220.